The number of nitrogens with zero attached hydrogens (tertiary/aromatic N) is 3. The molecule has 0 aliphatic carbocycles. The van der Waals surface area contributed by atoms with Crippen LogP contribution < -0.4 is 4.74 Å². The number of fused-ring (bicyclic) bond motifs is 1. The second-order valence-corrected chi connectivity index (χ2v) is 7.38. The molecule has 0 spiro atoms. The number of amides is 1. The van der Waals surface area contributed by atoms with Crippen molar-refractivity contribution in [3.8, 4) is 5.75 Å². The Morgan fingerprint density at radius 1 is 1.27 bits per heavy atom. The van der Waals surface area contributed by atoms with Crippen molar-refractivity contribution in [2.45, 2.75) is 65.5 Å². The summed E-state index contributed by atoms with van der Waals surface area (Å²) in [5.74, 6) is 3.08. The first kappa shape index (κ1) is 18.7. The van der Waals surface area contributed by atoms with Crippen molar-refractivity contribution in [2.24, 2.45) is 5.92 Å². The fraction of sp³-hybridized carbons (Fsp3) is 0.619. The van der Waals surface area contributed by atoms with Crippen LogP contribution in [-0.2, 0) is 11.5 Å². The highest BCUT2D eigenvalue weighted by Crippen LogP contribution is 2.31. The average molecular weight is 357 g/mol. The highest BCUT2D eigenvalue weighted by Gasteiger charge is 2.30. The highest BCUT2D eigenvalue weighted by atomic mass is 16.5. The Hall–Kier alpha value is -2.04. The van der Waals surface area contributed by atoms with Crippen LogP contribution in [0.1, 0.15) is 64.6 Å². The summed E-state index contributed by atoms with van der Waals surface area (Å²) in [6.07, 6.45) is 5.03. The van der Waals surface area contributed by atoms with Crippen molar-refractivity contribution in [1.82, 2.24) is 14.5 Å². The minimum absolute atomic E-state index is 0.267. The minimum atomic E-state index is 0.267. The van der Waals surface area contributed by atoms with Gasteiger partial charge in [0, 0.05) is 24.9 Å². The van der Waals surface area contributed by atoms with E-state index in [1.807, 2.05) is 23.1 Å². The van der Waals surface area contributed by atoms with E-state index in [4.69, 9.17) is 9.72 Å². The lowest BCUT2D eigenvalue weighted by molar-refractivity contribution is -0.129. The van der Waals surface area contributed by atoms with E-state index >= 15 is 0 Å². The fourth-order valence-corrected chi connectivity index (χ4v) is 4.13. The number of benzene rings is 1. The zero-order chi connectivity index (χ0) is 18.7. The summed E-state index contributed by atoms with van der Waals surface area (Å²) in [6.45, 7) is 8.05. The van der Waals surface area contributed by atoms with Crippen LogP contribution in [0.25, 0.3) is 11.0 Å². The second kappa shape index (κ2) is 8.11. The molecule has 3 rings (SSSR count). The number of rotatable bonds is 8. The van der Waals surface area contributed by atoms with E-state index in [2.05, 4.69) is 25.3 Å². The molecule has 1 aliphatic rings. The zero-order valence-corrected chi connectivity index (χ0v) is 16.5. The third-order valence-corrected chi connectivity index (χ3v) is 5.64. The number of likely N-dealkylation sites (tertiary alicyclic amines) is 1. The molecule has 1 saturated heterocycles. The Balaban J connectivity index is 1.98. The Morgan fingerprint density at radius 3 is 2.69 bits per heavy atom. The molecular weight excluding hydrogens is 326 g/mol. The minimum Gasteiger partial charge on any atom is -0.497 e. The number of hydrogen-bond donors (Lipinski definition) is 0. The summed E-state index contributed by atoms with van der Waals surface area (Å²) < 4.78 is 7.66. The monoisotopic (exact) mass is 357 g/mol. The summed E-state index contributed by atoms with van der Waals surface area (Å²) in [5, 5.41) is 0. The lowest BCUT2D eigenvalue weighted by Gasteiger charge is -2.22. The van der Waals surface area contributed by atoms with Crippen LogP contribution in [0, 0.1) is 5.92 Å². The molecule has 1 unspecified atom stereocenters. The summed E-state index contributed by atoms with van der Waals surface area (Å²) >= 11 is 0. The van der Waals surface area contributed by atoms with Crippen molar-refractivity contribution in [1.29, 1.82) is 0 Å². The van der Waals surface area contributed by atoms with Gasteiger partial charge in [-0.1, -0.05) is 27.2 Å². The van der Waals surface area contributed by atoms with Gasteiger partial charge in [-0.2, -0.15) is 0 Å². The molecule has 2 heterocycles. The van der Waals surface area contributed by atoms with Crippen LogP contribution in [0.2, 0.25) is 0 Å². The van der Waals surface area contributed by atoms with Gasteiger partial charge >= 0.3 is 0 Å². The molecule has 5 nitrogen and oxygen atoms in total. The molecule has 5 heteroatoms. The van der Waals surface area contributed by atoms with Gasteiger partial charge in [0.1, 0.15) is 11.6 Å². The molecule has 0 radical (unpaired) electrons. The molecule has 1 aromatic heterocycles. The lowest BCUT2D eigenvalue weighted by Crippen LogP contribution is -2.29. The standard InChI is InChI=1S/C21H31N3O2/c1-5-8-15-11-20(25)23(13-15)14-24-19-12-17(26-4)9-10-18(19)22-21(24)16(6-2)7-3/h9-10,12,15-16H,5-8,11,13-14H2,1-4H3. The quantitative estimate of drug-likeness (QED) is 0.696. The smallest absolute Gasteiger partial charge is 0.224 e. The average Bonchev–Trinajstić information content (AvgIpc) is 3.17. The number of imidazole rings is 1. The molecular formula is C21H31N3O2. The molecule has 0 bridgehead atoms. The predicted molar refractivity (Wildman–Crippen MR) is 104 cm³/mol. The van der Waals surface area contributed by atoms with Crippen LogP contribution in [0.5, 0.6) is 5.75 Å². The van der Waals surface area contributed by atoms with Gasteiger partial charge in [-0.3, -0.25) is 4.79 Å². The highest BCUT2D eigenvalue weighted by molar-refractivity contribution is 5.80. The molecule has 0 N–H and O–H groups in total. The maximum absolute atomic E-state index is 12.5. The van der Waals surface area contributed by atoms with Crippen LogP contribution in [0.15, 0.2) is 18.2 Å². The van der Waals surface area contributed by atoms with Gasteiger partial charge in [-0.15, -0.1) is 0 Å². The predicted octanol–water partition coefficient (Wildman–Crippen LogP) is 4.55. The van der Waals surface area contributed by atoms with E-state index in [-0.39, 0.29) is 5.91 Å². The molecule has 26 heavy (non-hydrogen) atoms. The van der Waals surface area contributed by atoms with Gasteiger partial charge in [-0.05, 0) is 37.3 Å². The number of carbonyl (C=O) groups is 1. The molecule has 1 atom stereocenters. The van der Waals surface area contributed by atoms with E-state index in [1.165, 1.54) is 0 Å². The third-order valence-electron chi connectivity index (χ3n) is 5.64. The number of methoxy groups -OCH3 is 1. The maximum atomic E-state index is 12.5. The third kappa shape index (κ3) is 3.57. The van der Waals surface area contributed by atoms with Gasteiger partial charge in [0.25, 0.3) is 0 Å². The first-order valence-electron chi connectivity index (χ1n) is 9.93. The second-order valence-electron chi connectivity index (χ2n) is 7.38. The van der Waals surface area contributed by atoms with Gasteiger partial charge in [0.05, 0.1) is 24.8 Å². The summed E-state index contributed by atoms with van der Waals surface area (Å²) in [4.78, 5) is 19.5. The van der Waals surface area contributed by atoms with E-state index in [0.717, 1.165) is 54.8 Å². The largest absolute Gasteiger partial charge is 0.497 e. The van der Waals surface area contributed by atoms with Crippen molar-refractivity contribution in [2.75, 3.05) is 13.7 Å². The topological polar surface area (TPSA) is 47.4 Å². The molecule has 0 saturated carbocycles. The lowest BCUT2D eigenvalue weighted by atomic mass is 10.0. The van der Waals surface area contributed by atoms with Crippen molar-refractivity contribution in [3.05, 3.63) is 24.0 Å². The molecule has 2 aromatic rings. The van der Waals surface area contributed by atoms with E-state index < -0.39 is 0 Å². The first-order chi connectivity index (χ1) is 12.6. The molecule has 1 aromatic carbocycles. The van der Waals surface area contributed by atoms with Crippen LogP contribution in [0.3, 0.4) is 0 Å². The van der Waals surface area contributed by atoms with E-state index in [9.17, 15) is 4.79 Å². The number of hydrogen-bond acceptors (Lipinski definition) is 3. The van der Waals surface area contributed by atoms with Gasteiger partial charge in [0.15, 0.2) is 0 Å². The van der Waals surface area contributed by atoms with Gasteiger partial charge < -0.3 is 14.2 Å². The maximum Gasteiger partial charge on any atom is 0.224 e. The first-order valence-corrected chi connectivity index (χ1v) is 9.93. The Kier molecular flexibility index (Phi) is 5.84. The number of carbonyl (C=O) groups excluding carboxylic acids is 1. The van der Waals surface area contributed by atoms with E-state index in [0.29, 0.717) is 24.9 Å². The van der Waals surface area contributed by atoms with Crippen LogP contribution in [-0.4, -0.2) is 34.0 Å². The number of aromatic nitrogens is 2. The van der Waals surface area contributed by atoms with Gasteiger partial charge in [0.2, 0.25) is 5.91 Å². The number of ether oxygens (including phenoxy) is 1. The van der Waals surface area contributed by atoms with E-state index in [1.54, 1.807) is 7.11 Å². The Bertz CT molecular complexity index is 764. The van der Waals surface area contributed by atoms with Crippen molar-refractivity contribution < 1.29 is 9.53 Å². The normalized spacial score (nSPS) is 17.7. The summed E-state index contributed by atoms with van der Waals surface area (Å²) in [6, 6.07) is 6.01. The Morgan fingerprint density at radius 2 is 2.04 bits per heavy atom. The fourth-order valence-electron chi connectivity index (χ4n) is 4.13. The Labute approximate surface area is 156 Å². The molecule has 142 valence electrons. The molecule has 1 fully saturated rings. The van der Waals surface area contributed by atoms with Crippen LogP contribution >= 0.6 is 0 Å². The SMILES string of the molecule is CCCC1CC(=O)N(Cn2c(C(CC)CC)nc3ccc(OC)cc32)C1. The van der Waals surface area contributed by atoms with Gasteiger partial charge in [-0.25, -0.2) is 4.98 Å². The van der Waals surface area contributed by atoms with Crippen molar-refractivity contribution in [3.63, 3.8) is 0 Å². The summed E-state index contributed by atoms with van der Waals surface area (Å²) in [7, 11) is 1.68. The van der Waals surface area contributed by atoms with Crippen molar-refractivity contribution >= 4 is 16.9 Å². The molecule has 1 aliphatic heterocycles. The summed E-state index contributed by atoms with van der Waals surface area (Å²) in [5.41, 5.74) is 2.03. The van der Waals surface area contributed by atoms with Crippen LogP contribution in [0.4, 0.5) is 0 Å². The zero-order valence-electron chi connectivity index (χ0n) is 16.5. The molecule has 1 amide bonds.